The molecule has 1 saturated heterocycles. The third-order valence-electron chi connectivity index (χ3n) is 1.38. The van der Waals surface area contributed by atoms with Crippen molar-refractivity contribution in [3.8, 4) is 0 Å². The van der Waals surface area contributed by atoms with Crippen molar-refractivity contribution in [2.24, 2.45) is 0 Å². The summed E-state index contributed by atoms with van der Waals surface area (Å²) in [6.45, 7) is 0.830. The SMILES string of the molecule is O=C1CCOC[C@@H](CO)N1. The molecule has 0 aliphatic carbocycles. The van der Waals surface area contributed by atoms with Gasteiger partial charge in [-0.15, -0.1) is 0 Å². The number of carbonyl (C=O) groups is 1. The first kappa shape index (κ1) is 7.50. The monoisotopic (exact) mass is 145 g/mol. The molecule has 1 aliphatic heterocycles. The van der Waals surface area contributed by atoms with Gasteiger partial charge in [0.2, 0.25) is 5.91 Å². The summed E-state index contributed by atoms with van der Waals surface area (Å²) in [4.78, 5) is 10.8. The van der Waals surface area contributed by atoms with Crippen LogP contribution in [0.3, 0.4) is 0 Å². The number of hydrogen-bond donors (Lipinski definition) is 2. The summed E-state index contributed by atoms with van der Waals surface area (Å²) in [6, 6.07) is -0.213. The summed E-state index contributed by atoms with van der Waals surface area (Å²) in [5.74, 6) is -0.0449. The Hall–Kier alpha value is -0.610. The molecule has 1 rings (SSSR count). The highest BCUT2D eigenvalue weighted by molar-refractivity contribution is 5.76. The van der Waals surface area contributed by atoms with Crippen LogP contribution in [0.25, 0.3) is 0 Å². The van der Waals surface area contributed by atoms with Gasteiger partial charge < -0.3 is 15.2 Å². The molecule has 1 fully saturated rings. The van der Waals surface area contributed by atoms with Gasteiger partial charge in [-0.1, -0.05) is 0 Å². The Balaban J connectivity index is 2.38. The van der Waals surface area contributed by atoms with E-state index >= 15 is 0 Å². The maximum atomic E-state index is 10.8. The number of ether oxygens (including phenoxy) is 1. The molecule has 0 aromatic carbocycles. The van der Waals surface area contributed by atoms with Crippen LogP contribution in [0.2, 0.25) is 0 Å². The quantitative estimate of drug-likeness (QED) is 0.491. The second-order valence-electron chi connectivity index (χ2n) is 2.27. The van der Waals surface area contributed by atoms with Gasteiger partial charge in [0.1, 0.15) is 0 Å². The van der Waals surface area contributed by atoms with Crippen molar-refractivity contribution in [3.05, 3.63) is 0 Å². The molecule has 1 heterocycles. The fraction of sp³-hybridized carbons (Fsp3) is 0.833. The number of carbonyl (C=O) groups excluding carboxylic acids is 1. The number of aliphatic hydroxyl groups excluding tert-OH is 1. The number of amides is 1. The van der Waals surface area contributed by atoms with E-state index in [1.165, 1.54) is 0 Å². The maximum Gasteiger partial charge on any atom is 0.222 e. The molecule has 0 aromatic rings. The minimum absolute atomic E-state index is 0.0449. The molecule has 1 amide bonds. The Bertz CT molecular complexity index is 126. The molecule has 0 bridgehead atoms. The molecular weight excluding hydrogens is 134 g/mol. The van der Waals surface area contributed by atoms with Crippen molar-refractivity contribution < 1.29 is 14.6 Å². The molecule has 1 aliphatic rings. The van der Waals surface area contributed by atoms with Crippen LogP contribution in [-0.2, 0) is 9.53 Å². The molecule has 0 saturated carbocycles. The van der Waals surface area contributed by atoms with Gasteiger partial charge in [-0.05, 0) is 0 Å². The van der Waals surface area contributed by atoms with E-state index < -0.39 is 0 Å². The van der Waals surface area contributed by atoms with Gasteiger partial charge in [0, 0.05) is 6.42 Å². The van der Waals surface area contributed by atoms with Crippen molar-refractivity contribution in [3.63, 3.8) is 0 Å². The average Bonchev–Trinajstić information content (AvgIpc) is 2.13. The Morgan fingerprint density at radius 1 is 1.80 bits per heavy atom. The van der Waals surface area contributed by atoms with Gasteiger partial charge in [0.05, 0.1) is 25.9 Å². The minimum Gasteiger partial charge on any atom is -0.394 e. The highest BCUT2D eigenvalue weighted by Crippen LogP contribution is 1.94. The fourth-order valence-corrected chi connectivity index (χ4v) is 0.830. The first-order valence-corrected chi connectivity index (χ1v) is 3.31. The van der Waals surface area contributed by atoms with E-state index in [9.17, 15) is 4.79 Å². The first-order chi connectivity index (χ1) is 4.83. The van der Waals surface area contributed by atoms with Crippen LogP contribution in [0.5, 0.6) is 0 Å². The van der Waals surface area contributed by atoms with Crippen molar-refractivity contribution in [2.45, 2.75) is 12.5 Å². The van der Waals surface area contributed by atoms with Crippen LogP contribution >= 0.6 is 0 Å². The van der Waals surface area contributed by atoms with Crippen molar-refractivity contribution in [1.82, 2.24) is 5.32 Å². The van der Waals surface area contributed by atoms with E-state index in [-0.39, 0.29) is 18.6 Å². The lowest BCUT2D eigenvalue weighted by Crippen LogP contribution is -2.38. The Morgan fingerprint density at radius 2 is 2.60 bits per heavy atom. The van der Waals surface area contributed by atoms with Gasteiger partial charge in [0.25, 0.3) is 0 Å². The Labute approximate surface area is 59.2 Å². The molecule has 4 nitrogen and oxygen atoms in total. The predicted molar refractivity (Wildman–Crippen MR) is 34.5 cm³/mol. The second kappa shape index (κ2) is 3.53. The van der Waals surface area contributed by atoms with E-state index in [4.69, 9.17) is 9.84 Å². The number of nitrogens with one attached hydrogen (secondary N) is 1. The smallest absolute Gasteiger partial charge is 0.222 e. The summed E-state index contributed by atoms with van der Waals surface area (Å²) in [7, 11) is 0. The van der Waals surface area contributed by atoms with Gasteiger partial charge in [-0.3, -0.25) is 4.79 Å². The van der Waals surface area contributed by atoms with Crippen LogP contribution in [0.4, 0.5) is 0 Å². The summed E-state index contributed by atoms with van der Waals surface area (Å²) in [5, 5.41) is 11.3. The lowest BCUT2D eigenvalue weighted by molar-refractivity contribution is -0.121. The highest BCUT2D eigenvalue weighted by atomic mass is 16.5. The topological polar surface area (TPSA) is 58.6 Å². The van der Waals surface area contributed by atoms with Crippen molar-refractivity contribution in [1.29, 1.82) is 0 Å². The molecule has 4 heteroatoms. The molecule has 0 spiro atoms. The highest BCUT2D eigenvalue weighted by Gasteiger charge is 2.14. The van der Waals surface area contributed by atoms with Crippen LogP contribution < -0.4 is 5.32 Å². The third kappa shape index (κ3) is 1.97. The standard InChI is InChI=1S/C6H11NO3/c8-3-5-4-10-2-1-6(9)7-5/h5,8H,1-4H2,(H,7,9)/t5-/m1/s1. The molecule has 1 atom stereocenters. The average molecular weight is 145 g/mol. The molecule has 0 unspecified atom stereocenters. The third-order valence-corrected chi connectivity index (χ3v) is 1.38. The molecule has 0 radical (unpaired) electrons. The summed E-state index contributed by atoms with van der Waals surface area (Å²) < 4.78 is 5.03. The summed E-state index contributed by atoms with van der Waals surface area (Å²) in [6.07, 6.45) is 0.399. The number of aliphatic hydroxyl groups is 1. The van der Waals surface area contributed by atoms with E-state index in [0.717, 1.165) is 0 Å². The van der Waals surface area contributed by atoms with Gasteiger partial charge in [-0.2, -0.15) is 0 Å². The predicted octanol–water partition coefficient (Wildman–Crippen LogP) is -1.12. The Kier molecular flexibility index (Phi) is 2.65. The van der Waals surface area contributed by atoms with Gasteiger partial charge >= 0.3 is 0 Å². The molecular formula is C6H11NO3. The molecule has 2 N–H and O–H groups in total. The fourth-order valence-electron chi connectivity index (χ4n) is 0.830. The van der Waals surface area contributed by atoms with Crippen LogP contribution in [0, 0.1) is 0 Å². The Morgan fingerprint density at radius 3 is 3.30 bits per heavy atom. The van der Waals surface area contributed by atoms with Gasteiger partial charge in [-0.25, -0.2) is 0 Å². The van der Waals surface area contributed by atoms with Crippen molar-refractivity contribution in [2.75, 3.05) is 19.8 Å². The van der Waals surface area contributed by atoms with Gasteiger partial charge in [0.15, 0.2) is 0 Å². The van der Waals surface area contributed by atoms with E-state index in [0.29, 0.717) is 19.6 Å². The number of rotatable bonds is 1. The van der Waals surface area contributed by atoms with Crippen LogP contribution in [-0.4, -0.2) is 36.9 Å². The van der Waals surface area contributed by atoms with Crippen molar-refractivity contribution >= 4 is 5.91 Å². The summed E-state index contributed by atoms with van der Waals surface area (Å²) >= 11 is 0. The van der Waals surface area contributed by atoms with E-state index in [2.05, 4.69) is 5.32 Å². The van der Waals surface area contributed by atoms with Crippen LogP contribution in [0.1, 0.15) is 6.42 Å². The molecule has 58 valence electrons. The molecule has 10 heavy (non-hydrogen) atoms. The zero-order valence-corrected chi connectivity index (χ0v) is 5.67. The maximum absolute atomic E-state index is 10.8. The second-order valence-corrected chi connectivity index (χ2v) is 2.27. The van der Waals surface area contributed by atoms with E-state index in [1.807, 2.05) is 0 Å². The normalized spacial score (nSPS) is 27.3. The minimum atomic E-state index is -0.213. The zero-order valence-electron chi connectivity index (χ0n) is 5.67. The van der Waals surface area contributed by atoms with E-state index in [1.54, 1.807) is 0 Å². The number of hydrogen-bond acceptors (Lipinski definition) is 3. The summed E-state index contributed by atoms with van der Waals surface area (Å²) in [5.41, 5.74) is 0. The lowest BCUT2D eigenvalue weighted by Gasteiger charge is -2.10. The largest absolute Gasteiger partial charge is 0.394 e. The molecule has 0 aromatic heterocycles. The lowest BCUT2D eigenvalue weighted by atomic mass is 10.3. The first-order valence-electron chi connectivity index (χ1n) is 3.31. The van der Waals surface area contributed by atoms with Crippen LogP contribution in [0.15, 0.2) is 0 Å². The zero-order chi connectivity index (χ0) is 7.40.